The van der Waals surface area contributed by atoms with Gasteiger partial charge >= 0.3 is 6.18 Å². The number of alkyl halides is 3. The van der Waals surface area contributed by atoms with Crippen molar-refractivity contribution in [3.05, 3.63) is 71.1 Å². The van der Waals surface area contributed by atoms with Crippen LogP contribution in [0.5, 0.6) is 0 Å². The lowest BCUT2D eigenvalue weighted by atomic mass is 9.89. The van der Waals surface area contributed by atoms with Crippen molar-refractivity contribution in [2.24, 2.45) is 5.92 Å². The van der Waals surface area contributed by atoms with Crippen LogP contribution in [0.3, 0.4) is 0 Å². The van der Waals surface area contributed by atoms with Crippen molar-refractivity contribution < 1.29 is 18.0 Å². The number of carbonyl (C=O) groups is 1. The number of likely N-dealkylation sites (tertiary alicyclic amines) is 1. The molecule has 10 heteroatoms. The molecule has 1 unspecified atom stereocenters. The first-order chi connectivity index (χ1) is 16.3. The van der Waals surface area contributed by atoms with Gasteiger partial charge in [0.2, 0.25) is 0 Å². The second kappa shape index (κ2) is 9.97. The molecular weight excluding hydrogens is 467 g/mol. The summed E-state index contributed by atoms with van der Waals surface area (Å²) in [6.07, 6.45) is 1.32. The second-order valence-electron chi connectivity index (χ2n) is 8.23. The minimum Gasteiger partial charge on any atom is -0.368 e. The minimum atomic E-state index is -4.44. The van der Waals surface area contributed by atoms with E-state index < -0.39 is 11.7 Å². The number of aromatic nitrogens is 3. The maximum Gasteiger partial charge on any atom is 0.417 e. The number of rotatable bonds is 5. The molecule has 0 bridgehead atoms. The van der Waals surface area contributed by atoms with Crippen molar-refractivity contribution >= 4 is 23.3 Å². The summed E-state index contributed by atoms with van der Waals surface area (Å²) in [6.45, 7) is 2.93. The molecule has 1 fully saturated rings. The maximum absolute atomic E-state index is 13.8. The molecule has 2 atom stereocenters. The lowest BCUT2D eigenvalue weighted by Crippen LogP contribution is -2.51. The molecule has 2 aromatic heterocycles. The molecule has 1 aliphatic heterocycles. The van der Waals surface area contributed by atoms with Crippen LogP contribution in [-0.4, -0.2) is 44.9 Å². The fourth-order valence-electron chi connectivity index (χ4n) is 4.20. The van der Waals surface area contributed by atoms with Crippen molar-refractivity contribution in [1.82, 2.24) is 19.9 Å². The van der Waals surface area contributed by atoms with Crippen LogP contribution in [0.1, 0.15) is 35.7 Å². The third-order valence-corrected chi connectivity index (χ3v) is 6.31. The predicted molar refractivity (Wildman–Crippen MR) is 123 cm³/mol. The van der Waals surface area contributed by atoms with Crippen molar-refractivity contribution in [3.63, 3.8) is 0 Å². The Morgan fingerprint density at radius 1 is 1.15 bits per heavy atom. The minimum absolute atomic E-state index is 0.165. The van der Waals surface area contributed by atoms with Gasteiger partial charge in [-0.1, -0.05) is 30.7 Å². The number of pyridine rings is 1. The number of nitrogens with one attached hydrogen (secondary N) is 1. The van der Waals surface area contributed by atoms with Gasteiger partial charge in [-0.25, -0.2) is 15.0 Å². The van der Waals surface area contributed by atoms with Crippen LogP contribution in [0.15, 0.2) is 55.0 Å². The quantitative estimate of drug-likeness (QED) is 0.508. The van der Waals surface area contributed by atoms with E-state index >= 15 is 0 Å². The number of halogens is 4. The molecule has 4 rings (SSSR count). The number of anilines is 1. The lowest BCUT2D eigenvalue weighted by molar-refractivity contribution is -0.137. The van der Waals surface area contributed by atoms with Gasteiger partial charge in [0.1, 0.15) is 5.82 Å². The summed E-state index contributed by atoms with van der Waals surface area (Å²) in [5, 5.41) is 3.40. The molecule has 0 radical (unpaired) electrons. The number of hydrogen-bond donors (Lipinski definition) is 1. The highest BCUT2D eigenvalue weighted by Crippen LogP contribution is 2.32. The summed E-state index contributed by atoms with van der Waals surface area (Å²) in [4.78, 5) is 28.0. The topological polar surface area (TPSA) is 71.0 Å². The van der Waals surface area contributed by atoms with E-state index in [0.29, 0.717) is 40.9 Å². The Morgan fingerprint density at radius 2 is 1.91 bits per heavy atom. The van der Waals surface area contributed by atoms with E-state index in [-0.39, 0.29) is 17.9 Å². The van der Waals surface area contributed by atoms with E-state index in [1.807, 2.05) is 0 Å². The Morgan fingerprint density at radius 3 is 2.59 bits per heavy atom. The monoisotopic (exact) mass is 489 g/mol. The van der Waals surface area contributed by atoms with Gasteiger partial charge in [-0.2, -0.15) is 13.2 Å². The molecule has 1 N–H and O–H groups in total. The van der Waals surface area contributed by atoms with Gasteiger partial charge < -0.3 is 10.2 Å². The van der Waals surface area contributed by atoms with Crippen molar-refractivity contribution in [1.29, 1.82) is 0 Å². The van der Waals surface area contributed by atoms with E-state index in [4.69, 9.17) is 11.6 Å². The molecule has 3 aromatic rings. The highest BCUT2D eigenvalue weighted by molar-refractivity contribution is 6.34. The molecule has 0 saturated carbocycles. The molecule has 1 saturated heterocycles. The van der Waals surface area contributed by atoms with E-state index in [9.17, 15) is 18.0 Å². The zero-order chi connectivity index (χ0) is 24.3. The zero-order valence-corrected chi connectivity index (χ0v) is 19.1. The SMILES string of the molecule is C[C@@H]1CCCN(C(=O)c2c(Cl)cccc2-c2ncccn2)C1CNc1ccc(C(F)(F)F)cn1. The Hall–Kier alpha value is -3.20. The first-order valence-corrected chi connectivity index (χ1v) is 11.3. The van der Waals surface area contributed by atoms with Crippen LogP contribution in [0.4, 0.5) is 19.0 Å². The fraction of sp³-hybridized carbons (Fsp3) is 0.333. The van der Waals surface area contributed by atoms with Gasteiger partial charge in [0, 0.05) is 37.2 Å². The van der Waals surface area contributed by atoms with Crippen LogP contribution in [-0.2, 0) is 6.18 Å². The zero-order valence-electron chi connectivity index (χ0n) is 18.4. The first-order valence-electron chi connectivity index (χ1n) is 10.9. The highest BCUT2D eigenvalue weighted by Gasteiger charge is 2.35. The molecule has 1 aliphatic rings. The van der Waals surface area contributed by atoms with Crippen molar-refractivity contribution in [2.75, 3.05) is 18.4 Å². The number of benzene rings is 1. The van der Waals surface area contributed by atoms with Crippen molar-refractivity contribution in [2.45, 2.75) is 32.0 Å². The average molecular weight is 490 g/mol. The van der Waals surface area contributed by atoms with Crippen LogP contribution >= 0.6 is 11.6 Å². The summed E-state index contributed by atoms with van der Waals surface area (Å²) in [5.74, 6) is 0.654. The Labute approximate surface area is 200 Å². The Balaban J connectivity index is 1.58. The standard InChI is InChI=1S/C24H23ClF3N5O/c1-15-5-3-12-33(19(15)14-32-20-9-8-16(13-31-20)24(26,27)28)23(34)21-17(6-2-7-18(21)25)22-29-10-4-11-30-22/h2,4,6-11,13,15,19H,3,5,12,14H2,1H3,(H,31,32)/t15-,19?/m1/s1. The second-order valence-corrected chi connectivity index (χ2v) is 8.64. The van der Waals surface area contributed by atoms with Crippen LogP contribution < -0.4 is 5.32 Å². The third kappa shape index (κ3) is 5.14. The molecule has 178 valence electrons. The van der Waals surface area contributed by atoms with E-state index in [1.54, 1.807) is 41.6 Å². The highest BCUT2D eigenvalue weighted by atomic mass is 35.5. The van der Waals surface area contributed by atoms with E-state index in [0.717, 1.165) is 25.1 Å². The lowest BCUT2D eigenvalue weighted by Gasteiger charge is -2.40. The Bertz CT molecular complexity index is 1140. The van der Waals surface area contributed by atoms with Crippen LogP contribution in [0.2, 0.25) is 5.02 Å². The molecule has 1 amide bonds. The van der Waals surface area contributed by atoms with Gasteiger partial charge in [-0.15, -0.1) is 0 Å². The van der Waals surface area contributed by atoms with E-state index in [1.165, 1.54) is 6.07 Å². The smallest absolute Gasteiger partial charge is 0.368 e. The normalized spacial score (nSPS) is 18.6. The van der Waals surface area contributed by atoms with Crippen LogP contribution in [0, 0.1) is 5.92 Å². The summed E-state index contributed by atoms with van der Waals surface area (Å²) in [5.41, 5.74) is 0.0739. The number of piperidine rings is 1. The number of nitrogens with zero attached hydrogens (tertiary/aromatic N) is 4. The summed E-state index contributed by atoms with van der Waals surface area (Å²) < 4.78 is 38.4. The van der Waals surface area contributed by atoms with Gasteiger partial charge in [0.25, 0.3) is 5.91 Å². The molecule has 0 spiro atoms. The van der Waals surface area contributed by atoms with Crippen LogP contribution in [0.25, 0.3) is 11.4 Å². The van der Waals surface area contributed by atoms with Crippen molar-refractivity contribution in [3.8, 4) is 11.4 Å². The predicted octanol–water partition coefficient (Wildman–Crippen LogP) is 5.56. The number of hydrogen-bond acceptors (Lipinski definition) is 5. The van der Waals surface area contributed by atoms with Gasteiger partial charge in [0.05, 0.1) is 22.2 Å². The number of amides is 1. The molecule has 34 heavy (non-hydrogen) atoms. The summed E-state index contributed by atoms with van der Waals surface area (Å²) in [7, 11) is 0. The maximum atomic E-state index is 13.8. The molecule has 0 aliphatic carbocycles. The summed E-state index contributed by atoms with van der Waals surface area (Å²) in [6, 6.07) is 8.94. The van der Waals surface area contributed by atoms with Gasteiger partial charge in [-0.3, -0.25) is 4.79 Å². The molecular formula is C24H23ClF3N5O. The Kier molecular flexibility index (Phi) is 7.02. The van der Waals surface area contributed by atoms with E-state index in [2.05, 4.69) is 27.2 Å². The van der Waals surface area contributed by atoms with Gasteiger partial charge in [-0.05, 0) is 43.0 Å². The fourth-order valence-corrected chi connectivity index (χ4v) is 4.45. The van der Waals surface area contributed by atoms with Gasteiger partial charge in [0.15, 0.2) is 5.82 Å². The number of carbonyl (C=O) groups excluding carboxylic acids is 1. The largest absolute Gasteiger partial charge is 0.417 e. The molecule has 6 nitrogen and oxygen atoms in total. The summed E-state index contributed by atoms with van der Waals surface area (Å²) >= 11 is 6.48. The third-order valence-electron chi connectivity index (χ3n) is 5.99. The average Bonchev–Trinajstić information content (AvgIpc) is 2.83. The molecule has 3 heterocycles. The first kappa shape index (κ1) is 23.9. The molecule has 1 aromatic carbocycles.